The predicted octanol–water partition coefficient (Wildman–Crippen LogP) is 4.07. The summed E-state index contributed by atoms with van der Waals surface area (Å²) in [6.45, 7) is 0. The fraction of sp³-hybridized carbons (Fsp3) is 0. The van der Waals surface area contributed by atoms with Crippen molar-refractivity contribution in [3.8, 4) is 11.8 Å². The van der Waals surface area contributed by atoms with Gasteiger partial charge in [-0.2, -0.15) is 5.26 Å². The molecule has 0 spiro atoms. The topological polar surface area (TPSA) is 44.0 Å². The quantitative estimate of drug-likeness (QED) is 0.886. The van der Waals surface area contributed by atoms with Gasteiger partial charge in [-0.15, -0.1) is 0 Å². The highest BCUT2D eigenvalue weighted by molar-refractivity contribution is 7.99. The summed E-state index contributed by atoms with van der Waals surface area (Å²) in [5.74, 6) is 0.115. The highest BCUT2D eigenvalue weighted by Gasteiger charge is 2.04. The third-order valence-electron chi connectivity index (χ3n) is 2.13. The SMILES string of the molecule is N#Cc1ccc(Sc2ccc(Cl)cc2)c(O)c1. The number of hydrogen-bond acceptors (Lipinski definition) is 3. The largest absolute Gasteiger partial charge is 0.507 e. The van der Waals surface area contributed by atoms with Gasteiger partial charge in [-0.1, -0.05) is 23.4 Å². The standard InChI is InChI=1S/C13H8ClNOS/c14-10-2-4-11(5-3-10)17-13-6-1-9(8-15)7-12(13)16/h1-7,16H. The van der Waals surface area contributed by atoms with Gasteiger partial charge < -0.3 is 5.11 Å². The molecule has 2 nitrogen and oxygen atoms in total. The Labute approximate surface area is 108 Å². The van der Waals surface area contributed by atoms with Gasteiger partial charge in [-0.3, -0.25) is 0 Å². The number of nitriles is 1. The highest BCUT2D eigenvalue weighted by Crippen LogP contribution is 2.35. The van der Waals surface area contributed by atoms with Crippen molar-refractivity contribution in [2.24, 2.45) is 0 Å². The van der Waals surface area contributed by atoms with E-state index in [1.165, 1.54) is 17.8 Å². The van der Waals surface area contributed by atoms with Crippen LogP contribution >= 0.6 is 23.4 Å². The monoisotopic (exact) mass is 261 g/mol. The van der Waals surface area contributed by atoms with Crippen LogP contribution < -0.4 is 0 Å². The van der Waals surface area contributed by atoms with E-state index >= 15 is 0 Å². The van der Waals surface area contributed by atoms with Gasteiger partial charge in [-0.25, -0.2) is 0 Å². The Hall–Kier alpha value is -1.63. The van der Waals surface area contributed by atoms with E-state index < -0.39 is 0 Å². The molecule has 0 aliphatic rings. The summed E-state index contributed by atoms with van der Waals surface area (Å²) < 4.78 is 0. The second-order valence-corrected chi connectivity index (χ2v) is 4.90. The van der Waals surface area contributed by atoms with Crippen LogP contribution in [0.3, 0.4) is 0 Å². The molecule has 1 N–H and O–H groups in total. The van der Waals surface area contributed by atoms with Crippen LogP contribution in [0.1, 0.15) is 5.56 Å². The molecule has 2 rings (SSSR count). The fourth-order valence-electron chi connectivity index (χ4n) is 1.30. The summed E-state index contributed by atoms with van der Waals surface area (Å²) in [7, 11) is 0. The number of aromatic hydroxyl groups is 1. The average molecular weight is 262 g/mol. The summed E-state index contributed by atoms with van der Waals surface area (Å²) in [5, 5.41) is 19.1. The lowest BCUT2D eigenvalue weighted by Crippen LogP contribution is -1.78. The van der Waals surface area contributed by atoms with E-state index in [1.807, 2.05) is 18.2 Å². The van der Waals surface area contributed by atoms with E-state index in [4.69, 9.17) is 16.9 Å². The molecule has 0 saturated heterocycles. The molecule has 0 heterocycles. The van der Waals surface area contributed by atoms with E-state index in [2.05, 4.69) is 0 Å². The first-order valence-corrected chi connectivity index (χ1v) is 6.05. The van der Waals surface area contributed by atoms with Crippen LogP contribution in [0.4, 0.5) is 0 Å². The van der Waals surface area contributed by atoms with Crippen molar-refractivity contribution >= 4 is 23.4 Å². The second kappa shape index (κ2) is 5.13. The minimum atomic E-state index is 0.115. The fourth-order valence-corrected chi connectivity index (χ4v) is 2.25. The molecular formula is C13H8ClNOS. The number of hydrogen-bond donors (Lipinski definition) is 1. The normalized spacial score (nSPS) is 9.88. The third kappa shape index (κ3) is 2.94. The number of nitrogens with zero attached hydrogens (tertiary/aromatic N) is 1. The molecule has 0 bridgehead atoms. The van der Waals surface area contributed by atoms with E-state index in [0.717, 1.165) is 4.90 Å². The van der Waals surface area contributed by atoms with Gasteiger partial charge in [0.05, 0.1) is 16.5 Å². The molecule has 0 aliphatic carbocycles. The molecule has 0 aromatic heterocycles. The van der Waals surface area contributed by atoms with Crippen molar-refractivity contribution in [1.29, 1.82) is 5.26 Å². The molecule has 0 amide bonds. The molecule has 0 radical (unpaired) electrons. The van der Waals surface area contributed by atoms with Crippen LogP contribution in [-0.2, 0) is 0 Å². The Bertz CT molecular complexity index is 575. The highest BCUT2D eigenvalue weighted by atomic mass is 35.5. The van der Waals surface area contributed by atoms with Crippen LogP contribution in [0.5, 0.6) is 5.75 Å². The van der Waals surface area contributed by atoms with Crippen LogP contribution in [-0.4, -0.2) is 5.11 Å². The van der Waals surface area contributed by atoms with Crippen LogP contribution in [0.25, 0.3) is 0 Å². The lowest BCUT2D eigenvalue weighted by atomic mass is 10.2. The van der Waals surface area contributed by atoms with Gasteiger partial charge in [0.25, 0.3) is 0 Å². The van der Waals surface area contributed by atoms with E-state index in [1.54, 1.807) is 24.3 Å². The third-order valence-corrected chi connectivity index (χ3v) is 3.45. The Morgan fingerprint density at radius 1 is 1.12 bits per heavy atom. The molecule has 2 aromatic carbocycles. The van der Waals surface area contributed by atoms with Gasteiger partial charge in [0.2, 0.25) is 0 Å². The molecule has 84 valence electrons. The zero-order chi connectivity index (χ0) is 12.3. The number of rotatable bonds is 2. The maximum absolute atomic E-state index is 9.74. The first kappa shape index (κ1) is 11.8. The summed E-state index contributed by atoms with van der Waals surface area (Å²) in [6.07, 6.45) is 0. The minimum Gasteiger partial charge on any atom is -0.507 e. The first-order valence-electron chi connectivity index (χ1n) is 4.85. The van der Waals surface area contributed by atoms with Gasteiger partial charge in [-0.05, 0) is 42.5 Å². The maximum atomic E-state index is 9.74. The molecular weight excluding hydrogens is 254 g/mol. The zero-order valence-electron chi connectivity index (χ0n) is 8.72. The first-order chi connectivity index (χ1) is 8.19. The predicted molar refractivity (Wildman–Crippen MR) is 68.4 cm³/mol. The van der Waals surface area contributed by atoms with Gasteiger partial charge in [0.1, 0.15) is 5.75 Å². The average Bonchev–Trinajstić information content (AvgIpc) is 2.34. The van der Waals surface area contributed by atoms with Crippen LogP contribution in [0.15, 0.2) is 52.3 Å². The van der Waals surface area contributed by atoms with Crippen molar-refractivity contribution in [3.05, 3.63) is 53.1 Å². The summed E-state index contributed by atoms with van der Waals surface area (Å²) in [5.41, 5.74) is 0.447. The van der Waals surface area contributed by atoms with Crippen molar-refractivity contribution in [2.75, 3.05) is 0 Å². The van der Waals surface area contributed by atoms with Gasteiger partial charge in [0.15, 0.2) is 0 Å². The molecule has 0 fully saturated rings. The Balaban J connectivity index is 2.25. The van der Waals surface area contributed by atoms with Crippen molar-refractivity contribution in [3.63, 3.8) is 0 Å². The van der Waals surface area contributed by atoms with Crippen LogP contribution in [0.2, 0.25) is 5.02 Å². The lowest BCUT2D eigenvalue weighted by molar-refractivity contribution is 0.462. The molecule has 17 heavy (non-hydrogen) atoms. The van der Waals surface area contributed by atoms with E-state index in [9.17, 15) is 5.11 Å². The molecule has 0 unspecified atom stereocenters. The Kier molecular flexibility index (Phi) is 3.58. The van der Waals surface area contributed by atoms with Gasteiger partial charge >= 0.3 is 0 Å². The van der Waals surface area contributed by atoms with Crippen molar-refractivity contribution in [2.45, 2.75) is 9.79 Å². The Morgan fingerprint density at radius 2 is 1.82 bits per heavy atom. The summed E-state index contributed by atoms with van der Waals surface area (Å²) in [4.78, 5) is 1.70. The second-order valence-electron chi connectivity index (χ2n) is 3.35. The zero-order valence-corrected chi connectivity index (χ0v) is 10.3. The molecule has 0 saturated carbocycles. The minimum absolute atomic E-state index is 0.115. The molecule has 4 heteroatoms. The summed E-state index contributed by atoms with van der Waals surface area (Å²) >= 11 is 7.21. The Morgan fingerprint density at radius 3 is 2.41 bits per heavy atom. The number of halogens is 1. The van der Waals surface area contributed by atoms with Crippen molar-refractivity contribution < 1.29 is 5.11 Å². The molecule has 2 aromatic rings. The van der Waals surface area contributed by atoms with Crippen molar-refractivity contribution in [1.82, 2.24) is 0 Å². The molecule has 0 atom stereocenters. The smallest absolute Gasteiger partial charge is 0.130 e. The lowest BCUT2D eigenvalue weighted by Gasteiger charge is -2.04. The summed E-state index contributed by atoms with van der Waals surface area (Å²) in [6, 6.07) is 14.2. The molecule has 0 aliphatic heterocycles. The number of phenols is 1. The van der Waals surface area contributed by atoms with E-state index in [0.29, 0.717) is 15.5 Å². The van der Waals surface area contributed by atoms with Crippen LogP contribution in [0, 0.1) is 11.3 Å². The van der Waals surface area contributed by atoms with E-state index in [-0.39, 0.29) is 5.75 Å². The maximum Gasteiger partial charge on any atom is 0.130 e. The number of phenolic OH excluding ortho intramolecular Hbond substituents is 1. The number of benzene rings is 2. The van der Waals surface area contributed by atoms with Gasteiger partial charge in [0, 0.05) is 9.92 Å².